The number of hydrogen-bond donors (Lipinski definition) is 0. The zero-order valence-electron chi connectivity index (χ0n) is 16.3. The minimum absolute atomic E-state index is 0.427. The number of benzene rings is 2. The molecule has 0 N–H and O–H groups in total. The Kier molecular flexibility index (Phi) is 6.45. The maximum absolute atomic E-state index is 5.62. The van der Waals surface area contributed by atoms with Gasteiger partial charge in [-0.25, -0.2) is 0 Å². The van der Waals surface area contributed by atoms with E-state index in [1.54, 1.807) is 7.11 Å². The Hall–Kier alpha value is -1.61. The lowest BCUT2D eigenvalue weighted by atomic mass is 9.92. The van der Waals surface area contributed by atoms with Crippen LogP contribution in [0.25, 0.3) is 0 Å². The second-order valence-electron chi connectivity index (χ2n) is 7.12. The van der Waals surface area contributed by atoms with Crippen LogP contribution in [-0.2, 0) is 0 Å². The molecule has 3 heteroatoms. The van der Waals surface area contributed by atoms with Crippen molar-refractivity contribution in [3.63, 3.8) is 0 Å². The van der Waals surface area contributed by atoms with Crippen molar-refractivity contribution in [2.75, 3.05) is 7.11 Å². The van der Waals surface area contributed by atoms with Crippen molar-refractivity contribution in [2.45, 2.75) is 53.4 Å². The van der Waals surface area contributed by atoms with Crippen LogP contribution in [0.15, 0.2) is 39.8 Å². The molecule has 2 rings (SSSR count). The van der Waals surface area contributed by atoms with E-state index in [2.05, 4.69) is 87.8 Å². The van der Waals surface area contributed by atoms with Gasteiger partial charge >= 0.3 is 0 Å². The number of aryl methyl sites for hydroxylation is 1. The first kappa shape index (κ1) is 19.7. The number of nitrogens with zero attached hydrogens (tertiary/aromatic N) is 1. The molecule has 2 aromatic rings. The number of ether oxygens (including phenoxy) is 1. The largest absolute Gasteiger partial charge is 0.495 e. The van der Waals surface area contributed by atoms with E-state index in [9.17, 15) is 0 Å². The van der Waals surface area contributed by atoms with E-state index in [1.165, 1.54) is 16.7 Å². The van der Waals surface area contributed by atoms with Crippen molar-refractivity contribution in [1.82, 2.24) is 0 Å². The van der Waals surface area contributed by atoms with Gasteiger partial charge in [0.05, 0.1) is 17.3 Å². The molecule has 2 aromatic carbocycles. The molecule has 0 heterocycles. The Bertz CT molecular complexity index is 765. The van der Waals surface area contributed by atoms with Crippen LogP contribution < -0.4 is 4.74 Å². The lowest BCUT2D eigenvalue weighted by Gasteiger charge is -2.18. The van der Waals surface area contributed by atoms with E-state index in [1.807, 2.05) is 0 Å². The maximum atomic E-state index is 5.62. The first-order valence-corrected chi connectivity index (χ1v) is 9.58. The number of para-hydroxylation sites is 1. The quantitative estimate of drug-likeness (QED) is 0.487. The fraction of sp³-hybridized carbons (Fsp3) is 0.409. The van der Waals surface area contributed by atoms with Crippen LogP contribution in [0, 0.1) is 6.92 Å². The third-order valence-electron chi connectivity index (χ3n) is 4.40. The van der Waals surface area contributed by atoms with E-state index in [4.69, 9.17) is 9.73 Å². The van der Waals surface area contributed by atoms with Gasteiger partial charge in [-0.3, -0.25) is 4.99 Å². The van der Waals surface area contributed by atoms with Gasteiger partial charge in [0, 0.05) is 11.3 Å². The lowest BCUT2D eigenvalue weighted by Crippen LogP contribution is -2.02. The summed E-state index contributed by atoms with van der Waals surface area (Å²) in [6, 6.07) is 10.7. The normalized spacial score (nSPS) is 12.2. The fourth-order valence-electron chi connectivity index (χ4n) is 3.07. The van der Waals surface area contributed by atoms with Gasteiger partial charge < -0.3 is 4.74 Å². The van der Waals surface area contributed by atoms with Crippen molar-refractivity contribution in [3.05, 3.63) is 57.1 Å². The molecule has 134 valence electrons. The van der Waals surface area contributed by atoms with Gasteiger partial charge in [-0.15, -0.1) is 0 Å². The molecule has 0 aliphatic rings. The van der Waals surface area contributed by atoms with E-state index in [0.29, 0.717) is 11.8 Å². The fourth-order valence-corrected chi connectivity index (χ4v) is 3.81. The van der Waals surface area contributed by atoms with E-state index in [-0.39, 0.29) is 0 Å². The first-order valence-electron chi connectivity index (χ1n) is 8.78. The molecule has 0 saturated carbocycles. The minimum atomic E-state index is 0.427. The molecule has 0 aromatic heterocycles. The van der Waals surface area contributed by atoms with Gasteiger partial charge in [0.1, 0.15) is 5.75 Å². The van der Waals surface area contributed by atoms with Crippen molar-refractivity contribution < 1.29 is 4.74 Å². The zero-order chi connectivity index (χ0) is 18.7. The zero-order valence-corrected chi connectivity index (χ0v) is 17.9. The molecule has 0 saturated heterocycles. The predicted molar refractivity (Wildman–Crippen MR) is 112 cm³/mol. The molecular formula is C22H28BrNO. The van der Waals surface area contributed by atoms with Crippen LogP contribution in [0.1, 0.15) is 68.7 Å². The molecule has 0 bridgehead atoms. The highest BCUT2D eigenvalue weighted by molar-refractivity contribution is 9.10. The summed E-state index contributed by atoms with van der Waals surface area (Å²) in [5, 5.41) is 0. The second kappa shape index (κ2) is 8.18. The Balaban J connectivity index is 2.69. The van der Waals surface area contributed by atoms with Crippen LogP contribution in [0.5, 0.6) is 5.75 Å². The van der Waals surface area contributed by atoms with Crippen LogP contribution in [0.3, 0.4) is 0 Å². The van der Waals surface area contributed by atoms with Gasteiger partial charge in [0.15, 0.2) is 0 Å². The smallest absolute Gasteiger partial charge is 0.142 e. The predicted octanol–water partition coefficient (Wildman–Crippen LogP) is 7.15. The van der Waals surface area contributed by atoms with Crippen molar-refractivity contribution in [2.24, 2.45) is 4.99 Å². The molecule has 0 amide bonds. The van der Waals surface area contributed by atoms with Gasteiger partial charge in [-0.2, -0.15) is 0 Å². The van der Waals surface area contributed by atoms with Crippen LogP contribution >= 0.6 is 15.9 Å². The van der Waals surface area contributed by atoms with Crippen molar-refractivity contribution in [1.29, 1.82) is 0 Å². The molecule has 0 radical (unpaired) electrons. The summed E-state index contributed by atoms with van der Waals surface area (Å²) in [6.45, 7) is 13.0. The maximum Gasteiger partial charge on any atom is 0.142 e. The monoisotopic (exact) mass is 401 g/mol. The van der Waals surface area contributed by atoms with Crippen molar-refractivity contribution in [3.8, 4) is 5.75 Å². The summed E-state index contributed by atoms with van der Waals surface area (Å²) in [6.07, 6.45) is 0. The summed E-state index contributed by atoms with van der Waals surface area (Å²) in [7, 11) is 1.70. The van der Waals surface area contributed by atoms with E-state index in [0.717, 1.165) is 27.2 Å². The lowest BCUT2D eigenvalue weighted by molar-refractivity contribution is 0.411. The van der Waals surface area contributed by atoms with Gasteiger partial charge in [0.2, 0.25) is 0 Å². The summed E-state index contributed by atoms with van der Waals surface area (Å²) in [5.74, 6) is 1.69. The summed E-state index contributed by atoms with van der Waals surface area (Å²) >= 11 is 3.61. The Morgan fingerprint density at radius 1 is 1.04 bits per heavy atom. The molecule has 0 aliphatic carbocycles. The van der Waals surface area contributed by atoms with Gasteiger partial charge in [0.25, 0.3) is 0 Å². The highest BCUT2D eigenvalue weighted by atomic mass is 79.9. The summed E-state index contributed by atoms with van der Waals surface area (Å²) in [4.78, 5) is 5.08. The molecule has 0 aliphatic heterocycles. The minimum Gasteiger partial charge on any atom is -0.495 e. The standard InChI is InChI=1S/C22H28BrNO/c1-13(2)17-9-8-10-18(14(3)4)21(17)24-16(6)19-11-15(5)12-20(23)22(19)25-7/h8-14H,1-7H3. The van der Waals surface area contributed by atoms with Crippen LogP contribution in [0.2, 0.25) is 0 Å². The summed E-state index contributed by atoms with van der Waals surface area (Å²) in [5.41, 5.74) is 6.86. The topological polar surface area (TPSA) is 21.6 Å². The average Bonchev–Trinajstić information content (AvgIpc) is 2.53. The molecule has 0 spiro atoms. The number of halogens is 1. The molecular weight excluding hydrogens is 374 g/mol. The SMILES string of the molecule is COc1c(Br)cc(C)cc1C(C)=Nc1c(C(C)C)cccc1C(C)C. The molecule has 0 atom stereocenters. The van der Waals surface area contributed by atoms with Gasteiger partial charge in [-0.1, -0.05) is 45.9 Å². The Morgan fingerprint density at radius 3 is 2.08 bits per heavy atom. The molecule has 0 fully saturated rings. The number of rotatable bonds is 5. The third-order valence-corrected chi connectivity index (χ3v) is 4.99. The Labute approximate surface area is 160 Å². The average molecular weight is 402 g/mol. The highest BCUT2D eigenvalue weighted by Gasteiger charge is 2.16. The second-order valence-corrected chi connectivity index (χ2v) is 7.97. The number of aliphatic imine (C=N–C) groups is 1. The molecule has 0 unspecified atom stereocenters. The Morgan fingerprint density at radius 2 is 1.60 bits per heavy atom. The number of methoxy groups -OCH3 is 1. The van der Waals surface area contributed by atoms with E-state index < -0.39 is 0 Å². The third kappa shape index (κ3) is 4.33. The van der Waals surface area contributed by atoms with Gasteiger partial charge in [-0.05, 0) is 70.4 Å². The highest BCUT2D eigenvalue weighted by Crippen LogP contribution is 2.37. The summed E-state index contributed by atoms with van der Waals surface area (Å²) < 4.78 is 6.58. The number of hydrogen-bond acceptors (Lipinski definition) is 2. The van der Waals surface area contributed by atoms with E-state index >= 15 is 0 Å². The molecule has 2 nitrogen and oxygen atoms in total. The van der Waals surface area contributed by atoms with Crippen LogP contribution in [-0.4, -0.2) is 12.8 Å². The van der Waals surface area contributed by atoms with Crippen LogP contribution in [0.4, 0.5) is 5.69 Å². The first-order chi connectivity index (χ1) is 11.8. The molecule has 25 heavy (non-hydrogen) atoms. The van der Waals surface area contributed by atoms with Crippen molar-refractivity contribution >= 4 is 27.3 Å².